The molecule has 3 aromatic rings. The van der Waals surface area contributed by atoms with Gasteiger partial charge in [0.05, 0.1) is 36.1 Å². The summed E-state index contributed by atoms with van der Waals surface area (Å²) in [5, 5.41) is 17.2. The van der Waals surface area contributed by atoms with Gasteiger partial charge in [-0.2, -0.15) is 10.6 Å². The number of nitrogens with one attached hydrogen (secondary N) is 2. The second-order valence-corrected chi connectivity index (χ2v) is 12.1. The van der Waals surface area contributed by atoms with Crippen molar-refractivity contribution >= 4 is 16.5 Å². The van der Waals surface area contributed by atoms with E-state index in [4.69, 9.17) is 0 Å². The Kier molecular flexibility index (Phi) is 9.17. The average Bonchev–Trinajstić information content (AvgIpc) is 2.86. The molecule has 6 nitrogen and oxygen atoms in total. The minimum Gasteiger partial charge on any atom is -0.390 e. The zero-order valence-corrected chi connectivity index (χ0v) is 22.1. The van der Waals surface area contributed by atoms with Crippen molar-refractivity contribution in [3.63, 3.8) is 0 Å². The van der Waals surface area contributed by atoms with E-state index < -0.39 is 40.4 Å². The van der Waals surface area contributed by atoms with Gasteiger partial charge in [0.25, 0.3) is 0 Å². The van der Waals surface area contributed by atoms with Gasteiger partial charge in [0, 0.05) is 12.6 Å². The Hall–Kier alpha value is -2.82. The molecular weight excluding hydrogens is 510 g/mol. The Morgan fingerprint density at radius 3 is 2.39 bits per heavy atom. The molecule has 0 saturated carbocycles. The van der Waals surface area contributed by atoms with E-state index in [1.165, 1.54) is 12.1 Å². The Labute approximate surface area is 223 Å². The van der Waals surface area contributed by atoms with Crippen LogP contribution in [0.25, 0.3) is 0 Å². The summed E-state index contributed by atoms with van der Waals surface area (Å²) < 4.78 is 48.7. The van der Waals surface area contributed by atoms with Gasteiger partial charge in [0.2, 0.25) is 5.91 Å². The van der Waals surface area contributed by atoms with Gasteiger partial charge in [0.1, 0.15) is 11.6 Å². The summed E-state index contributed by atoms with van der Waals surface area (Å²) in [5.74, 6) is -1.51. The summed E-state index contributed by atoms with van der Waals surface area (Å²) in [6.45, 7) is 2.06. The third-order valence-electron chi connectivity index (χ3n) is 6.78. The molecule has 5 N–H and O–H groups in total. The molecule has 38 heavy (non-hydrogen) atoms. The highest BCUT2D eigenvalue weighted by Crippen LogP contribution is 2.50. The van der Waals surface area contributed by atoms with Crippen molar-refractivity contribution in [1.29, 1.82) is 0 Å². The monoisotopic (exact) mass is 544 g/mol. The number of fused-ring (bicyclic) bond motifs is 1. The number of rotatable bonds is 10. The third kappa shape index (κ3) is 7.61. The zero-order chi connectivity index (χ0) is 27.3. The van der Waals surface area contributed by atoms with E-state index in [0.29, 0.717) is 5.56 Å². The number of amides is 1. The Bertz CT molecular complexity index is 1240. The molecule has 1 amide bonds. The van der Waals surface area contributed by atoms with Crippen molar-refractivity contribution in [2.45, 2.75) is 50.1 Å². The highest BCUT2D eigenvalue weighted by atomic mass is 32.3. The van der Waals surface area contributed by atoms with Gasteiger partial charge < -0.3 is 15.7 Å². The first-order chi connectivity index (χ1) is 18.1. The molecule has 0 spiro atoms. The van der Waals surface area contributed by atoms with Crippen LogP contribution in [-0.2, 0) is 29.8 Å². The summed E-state index contributed by atoms with van der Waals surface area (Å²) in [7, 11) is -2.84. The van der Waals surface area contributed by atoms with Crippen LogP contribution in [-0.4, -0.2) is 44.6 Å². The van der Waals surface area contributed by atoms with E-state index in [2.05, 4.69) is 10.6 Å². The van der Waals surface area contributed by atoms with Gasteiger partial charge in [-0.1, -0.05) is 55.5 Å². The molecule has 0 radical (unpaired) electrons. The zero-order valence-electron chi connectivity index (χ0n) is 21.2. The number of hydrogen-bond donors (Lipinski definition) is 5. The van der Waals surface area contributed by atoms with E-state index >= 15 is 0 Å². The number of aryl methyl sites for hydroxylation is 1. The van der Waals surface area contributed by atoms with Crippen molar-refractivity contribution in [3.05, 3.63) is 106 Å². The fraction of sp³-hybridized carbons (Fsp3) is 0.345. The number of aliphatic hydroxyl groups excluding tert-OH is 1. The molecule has 1 heterocycles. The molecule has 204 valence electrons. The molecule has 1 aliphatic heterocycles. The lowest BCUT2D eigenvalue weighted by molar-refractivity contribution is -0.122. The van der Waals surface area contributed by atoms with Crippen molar-refractivity contribution in [2.24, 2.45) is 0 Å². The van der Waals surface area contributed by atoms with Crippen LogP contribution in [0.4, 0.5) is 8.78 Å². The van der Waals surface area contributed by atoms with Crippen LogP contribution in [0.3, 0.4) is 0 Å². The second-order valence-electron chi connectivity index (χ2n) is 9.85. The fourth-order valence-corrected chi connectivity index (χ4v) is 6.57. The van der Waals surface area contributed by atoms with Crippen molar-refractivity contribution < 1.29 is 27.8 Å². The van der Waals surface area contributed by atoms with E-state index in [0.717, 1.165) is 34.7 Å². The van der Waals surface area contributed by atoms with Crippen LogP contribution in [0.5, 0.6) is 0 Å². The Morgan fingerprint density at radius 2 is 1.71 bits per heavy atom. The van der Waals surface area contributed by atoms with Gasteiger partial charge in [-0.3, -0.25) is 13.9 Å². The molecule has 0 aliphatic carbocycles. The largest absolute Gasteiger partial charge is 0.390 e. The van der Waals surface area contributed by atoms with Crippen LogP contribution in [0.2, 0.25) is 0 Å². The highest BCUT2D eigenvalue weighted by Gasteiger charge is 2.31. The van der Waals surface area contributed by atoms with Gasteiger partial charge in [-0.15, -0.1) is 0 Å². The van der Waals surface area contributed by atoms with Crippen LogP contribution in [0, 0.1) is 11.6 Å². The fourth-order valence-electron chi connectivity index (χ4n) is 4.86. The number of carbonyl (C=O) groups is 1. The molecule has 3 atom stereocenters. The SMILES string of the molecule is CCc1ccc2c(c1)[C@@H](NC[C@H](O)[C@H](Cc1cc(F)cc(F)c1)NC(=O)Cc1ccccc1)CS(O)(O)C2. The molecule has 0 aromatic heterocycles. The summed E-state index contributed by atoms with van der Waals surface area (Å²) in [6, 6.07) is 16.9. The first-order valence-electron chi connectivity index (χ1n) is 12.7. The summed E-state index contributed by atoms with van der Waals surface area (Å²) in [4.78, 5) is 12.8. The maximum atomic E-state index is 13.8. The minimum absolute atomic E-state index is 0.00841. The second kappa shape index (κ2) is 12.4. The lowest BCUT2D eigenvalue weighted by atomic mass is 9.97. The molecule has 3 aromatic carbocycles. The average molecular weight is 545 g/mol. The summed E-state index contributed by atoms with van der Waals surface area (Å²) in [5.41, 5.74) is 4.02. The maximum absolute atomic E-state index is 13.8. The topological polar surface area (TPSA) is 102 Å². The maximum Gasteiger partial charge on any atom is 0.224 e. The molecule has 4 rings (SSSR count). The molecule has 0 fully saturated rings. The van der Waals surface area contributed by atoms with Crippen LogP contribution >= 0.6 is 10.6 Å². The first kappa shape index (κ1) is 28.2. The number of hydrogen-bond acceptors (Lipinski definition) is 5. The Balaban J connectivity index is 1.51. The predicted molar refractivity (Wildman–Crippen MR) is 146 cm³/mol. The standard InChI is InChI=1S/C29H34F2N2O4S/c1-2-19-8-9-22-17-38(36,37)18-27(25(22)12-19)32-16-28(34)26(13-21-10-23(30)15-24(31)11-21)33-29(35)14-20-6-4-3-5-7-20/h3-12,15,26-28,32,34,36-37H,2,13-14,16-18H2,1H3,(H,33,35)/t26-,27-,28-/m0/s1. The number of benzene rings is 3. The summed E-state index contributed by atoms with van der Waals surface area (Å²) >= 11 is 0. The van der Waals surface area contributed by atoms with E-state index in [1.807, 2.05) is 55.5 Å². The lowest BCUT2D eigenvalue weighted by Crippen LogP contribution is -2.50. The number of carbonyl (C=O) groups excluding carboxylic acids is 1. The first-order valence-corrected chi connectivity index (χ1v) is 14.6. The van der Waals surface area contributed by atoms with Crippen molar-refractivity contribution in [3.8, 4) is 0 Å². The van der Waals surface area contributed by atoms with Gasteiger partial charge in [-0.25, -0.2) is 8.78 Å². The number of halogens is 2. The van der Waals surface area contributed by atoms with Crippen LogP contribution < -0.4 is 10.6 Å². The van der Waals surface area contributed by atoms with Crippen molar-refractivity contribution in [1.82, 2.24) is 10.6 Å². The predicted octanol–water partition coefficient (Wildman–Crippen LogP) is 4.75. The highest BCUT2D eigenvalue weighted by molar-refractivity contribution is 8.23. The normalized spacial score (nSPS) is 18.7. The smallest absolute Gasteiger partial charge is 0.224 e. The number of aliphatic hydroxyl groups is 1. The van der Waals surface area contributed by atoms with E-state index in [1.54, 1.807) is 0 Å². The van der Waals surface area contributed by atoms with Gasteiger partial charge >= 0.3 is 0 Å². The molecular formula is C29H34F2N2O4S. The molecule has 0 saturated heterocycles. The summed E-state index contributed by atoms with van der Waals surface area (Å²) in [6.07, 6.45) is -0.193. The Morgan fingerprint density at radius 1 is 1.00 bits per heavy atom. The lowest BCUT2D eigenvalue weighted by Gasteiger charge is -2.42. The van der Waals surface area contributed by atoms with E-state index in [-0.39, 0.29) is 36.8 Å². The quantitative estimate of drug-likeness (QED) is 0.254. The minimum atomic E-state index is -2.84. The van der Waals surface area contributed by atoms with Crippen molar-refractivity contribution in [2.75, 3.05) is 12.3 Å². The van der Waals surface area contributed by atoms with Crippen LogP contribution in [0.1, 0.15) is 40.8 Å². The molecule has 0 unspecified atom stereocenters. The molecule has 1 aliphatic rings. The van der Waals surface area contributed by atoms with Crippen LogP contribution in [0.15, 0.2) is 66.7 Å². The third-order valence-corrected chi connectivity index (χ3v) is 8.42. The van der Waals surface area contributed by atoms with Gasteiger partial charge in [-0.05, 0) is 52.8 Å². The molecule has 0 bridgehead atoms. The van der Waals surface area contributed by atoms with E-state index in [9.17, 15) is 27.8 Å². The van der Waals surface area contributed by atoms with Gasteiger partial charge in [0.15, 0.2) is 0 Å². The molecule has 9 heteroatoms.